The Morgan fingerprint density at radius 2 is 1.93 bits per heavy atom. The van der Waals surface area contributed by atoms with Crippen LogP contribution in [0.2, 0.25) is 0 Å². The van der Waals surface area contributed by atoms with Crippen LogP contribution in [-0.4, -0.2) is 43.7 Å². The fourth-order valence-corrected chi connectivity index (χ4v) is 5.70. The molecule has 0 aromatic carbocycles. The van der Waals surface area contributed by atoms with E-state index in [0.717, 1.165) is 32.4 Å². The minimum Gasteiger partial charge on any atom is -0.351 e. The largest absolute Gasteiger partial charge is 0.351 e. The third-order valence-electron chi connectivity index (χ3n) is 7.21. The summed E-state index contributed by atoms with van der Waals surface area (Å²) in [6.45, 7) is 13.4. The summed E-state index contributed by atoms with van der Waals surface area (Å²) in [5.74, 6) is 1.49. The normalized spacial score (nSPS) is 49.1. The molecule has 1 aliphatic carbocycles. The molecular weight excluding hydrogens is 346 g/mol. The lowest BCUT2D eigenvalue weighted by molar-refractivity contribution is -0.577. The molecule has 5 fully saturated rings. The lowest BCUT2D eigenvalue weighted by Crippen LogP contribution is -2.70. The molecule has 27 heavy (non-hydrogen) atoms. The smallest absolute Gasteiger partial charge is 0.201 e. The molecule has 1 N–H and O–H groups in total. The van der Waals surface area contributed by atoms with E-state index in [1.807, 2.05) is 6.92 Å². The lowest BCUT2D eigenvalue weighted by Gasteiger charge is -2.60. The number of nitrogens with one attached hydrogen (secondary N) is 1. The molecule has 0 aromatic heterocycles. The molecule has 5 rings (SSSR count). The maximum atomic E-state index is 6.41. The number of hydrogen-bond donors (Lipinski definition) is 1. The van der Waals surface area contributed by atoms with Crippen molar-refractivity contribution in [3.05, 3.63) is 0 Å². The lowest BCUT2D eigenvalue weighted by atomic mass is 9.58. The van der Waals surface area contributed by atoms with Gasteiger partial charge in [0, 0.05) is 24.8 Å². The van der Waals surface area contributed by atoms with Crippen molar-refractivity contribution < 1.29 is 24.0 Å². The van der Waals surface area contributed by atoms with Gasteiger partial charge in [-0.3, -0.25) is 0 Å². The second kappa shape index (κ2) is 7.54. The van der Waals surface area contributed by atoms with Crippen LogP contribution in [0.25, 0.3) is 0 Å². The molecule has 8 atom stereocenters. The van der Waals surface area contributed by atoms with Crippen molar-refractivity contribution in [1.29, 1.82) is 0 Å². The molecule has 1 saturated carbocycles. The van der Waals surface area contributed by atoms with E-state index >= 15 is 0 Å². The van der Waals surface area contributed by atoms with E-state index in [9.17, 15) is 0 Å². The van der Waals surface area contributed by atoms with Crippen molar-refractivity contribution >= 4 is 0 Å². The van der Waals surface area contributed by atoms with Gasteiger partial charge in [0.05, 0.1) is 6.61 Å². The monoisotopic (exact) mass is 383 g/mol. The van der Waals surface area contributed by atoms with E-state index in [-0.39, 0.29) is 12.2 Å². The van der Waals surface area contributed by atoms with Gasteiger partial charge >= 0.3 is 0 Å². The average Bonchev–Trinajstić information content (AvgIpc) is 2.84. The summed E-state index contributed by atoms with van der Waals surface area (Å²) >= 11 is 0. The van der Waals surface area contributed by atoms with Crippen LogP contribution >= 0.6 is 0 Å². The van der Waals surface area contributed by atoms with Crippen LogP contribution < -0.4 is 5.32 Å². The predicted molar refractivity (Wildman–Crippen MR) is 100 cm³/mol. The Bertz CT molecular complexity index is 531. The van der Waals surface area contributed by atoms with E-state index in [4.69, 9.17) is 24.0 Å². The maximum absolute atomic E-state index is 6.41. The Hall–Kier alpha value is -0.240. The first-order valence-electron chi connectivity index (χ1n) is 10.9. The minimum absolute atomic E-state index is 0.246. The second-order valence-corrected chi connectivity index (χ2v) is 9.74. The fraction of sp³-hybridized carbons (Fsp3) is 1.00. The molecule has 6 nitrogen and oxygen atoms in total. The number of ether oxygens (including phenoxy) is 3. The fourth-order valence-electron chi connectivity index (χ4n) is 5.70. The quantitative estimate of drug-likeness (QED) is 0.560. The van der Waals surface area contributed by atoms with Gasteiger partial charge in [0.15, 0.2) is 18.2 Å². The molecule has 4 saturated heterocycles. The van der Waals surface area contributed by atoms with Crippen molar-refractivity contribution in [3.8, 4) is 0 Å². The number of rotatable bonds is 6. The van der Waals surface area contributed by atoms with Crippen LogP contribution in [-0.2, 0) is 24.0 Å². The van der Waals surface area contributed by atoms with Crippen molar-refractivity contribution in [1.82, 2.24) is 5.32 Å². The average molecular weight is 384 g/mol. The first-order valence-corrected chi connectivity index (χ1v) is 10.9. The molecule has 6 heteroatoms. The molecule has 4 heterocycles. The first-order chi connectivity index (χ1) is 12.9. The van der Waals surface area contributed by atoms with Gasteiger partial charge in [0.1, 0.15) is 0 Å². The molecule has 0 amide bonds. The Labute approximate surface area is 163 Å². The highest BCUT2D eigenvalue weighted by Gasteiger charge is 2.69. The molecule has 5 aliphatic rings. The Kier molecular flexibility index (Phi) is 5.60. The van der Waals surface area contributed by atoms with Gasteiger partial charge in [-0.2, -0.15) is 0 Å². The third kappa shape index (κ3) is 3.47. The summed E-state index contributed by atoms with van der Waals surface area (Å²) in [5, 5.41) is 3.43. The van der Waals surface area contributed by atoms with Crippen LogP contribution in [0, 0.1) is 29.6 Å². The molecule has 156 valence electrons. The van der Waals surface area contributed by atoms with Crippen molar-refractivity contribution in [2.24, 2.45) is 29.6 Å². The molecular formula is C21H37NO5. The summed E-state index contributed by atoms with van der Waals surface area (Å²) in [5.41, 5.74) is -0.497. The highest BCUT2D eigenvalue weighted by Crippen LogP contribution is 2.60. The van der Waals surface area contributed by atoms with Crippen LogP contribution in [0.5, 0.6) is 0 Å². The van der Waals surface area contributed by atoms with Gasteiger partial charge in [0.25, 0.3) is 0 Å². The highest BCUT2D eigenvalue weighted by molar-refractivity contribution is 5.09. The van der Waals surface area contributed by atoms with E-state index in [1.54, 1.807) is 0 Å². The Morgan fingerprint density at radius 3 is 2.70 bits per heavy atom. The van der Waals surface area contributed by atoms with Crippen molar-refractivity contribution in [3.63, 3.8) is 0 Å². The van der Waals surface area contributed by atoms with Gasteiger partial charge in [-0.05, 0) is 50.5 Å². The zero-order chi connectivity index (χ0) is 19.2. The van der Waals surface area contributed by atoms with Crippen LogP contribution in [0.3, 0.4) is 0 Å². The SMILES string of the molecule is CC(C)CNCCOC1O[C@@H]2O[C@]3(C)CC[C@H]4[C@H](C)CC[C@@H]([C@H]1C)[C@@]24OO3. The predicted octanol–water partition coefficient (Wildman–Crippen LogP) is 3.46. The summed E-state index contributed by atoms with van der Waals surface area (Å²) in [6.07, 6.45) is 3.55. The summed E-state index contributed by atoms with van der Waals surface area (Å²) in [6, 6.07) is 0. The topological polar surface area (TPSA) is 58.2 Å². The van der Waals surface area contributed by atoms with E-state index in [1.165, 1.54) is 6.42 Å². The van der Waals surface area contributed by atoms with E-state index in [2.05, 4.69) is 33.0 Å². The summed E-state index contributed by atoms with van der Waals surface area (Å²) in [4.78, 5) is 12.0. The molecule has 4 aliphatic heterocycles. The van der Waals surface area contributed by atoms with Gasteiger partial charge < -0.3 is 19.5 Å². The van der Waals surface area contributed by atoms with Gasteiger partial charge in [-0.1, -0.05) is 27.7 Å². The number of fused-ring (bicyclic) bond motifs is 2. The second-order valence-electron chi connectivity index (χ2n) is 9.74. The molecule has 1 spiro atoms. The summed E-state index contributed by atoms with van der Waals surface area (Å²) in [7, 11) is 0. The third-order valence-corrected chi connectivity index (χ3v) is 7.21. The number of hydrogen-bond acceptors (Lipinski definition) is 6. The standard InChI is InChI=1S/C21H37NO5/c1-13(2)12-22-10-11-23-18-15(4)17-7-6-14(3)16-8-9-20(5)25-19(24-18)21(16,17)27-26-20/h13-19,22H,6-12H2,1-5H3/t14-,15-,16+,17+,18?,19-,20+,21-/m1/s1. The first kappa shape index (κ1) is 20.0. The van der Waals surface area contributed by atoms with Gasteiger partial charge in [-0.15, -0.1) is 0 Å². The van der Waals surface area contributed by atoms with Crippen molar-refractivity contribution in [2.75, 3.05) is 19.7 Å². The minimum atomic E-state index is -0.721. The molecule has 0 radical (unpaired) electrons. The van der Waals surface area contributed by atoms with E-state index in [0.29, 0.717) is 30.3 Å². The Morgan fingerprint density at radius 1 is 1.11 bits per heavy atom. The zero-order valence-corrected chi connectivity index (χ0v) is 17.5. The molecule has 2 bridgehead atoms. The molecule has 0 aromatic rings. The van der Waals surface area contributed by atoms with Crippen LogP contribution in [0.4, 0.5) is 0 Å². The summed E-state index contributed by atoms with van der Waals surface area (Å²) < 4.78 is 18.9. The highest BCUT2D eigenvalue weighted by atomic mass is 17.3. The van der Waals surface area contributed by atoms with Gasteiger partial charge in [-0.25, -0.2) is 9.78 Å². The Balaban J connectivity index is 1.48. The van der Waals surface area contributed by atoms with Crippen LogP contribution in [0.1, 0.15) is 60.3 Å². The zero-order valence-electron chi connectivity index (χ0n) is 17.5. The molecule has 1 unspecified atom stereocenters. The van der Waals surface area contributed by atoms with Crippen LogP contribution in [0.15, 0.2) is 0 Å². The van der Waals surface area contributed by atoms with Gasteiger partial charge in [0.2, 0.25) is 5.79 Å². The van der Waals surface area contributed by atoms with E-state index < -0.39 is 17.7 Å². The van der Waals surface area contributed by atoms with Crippen molar-refractivity contribution in [2.45, 2.75) is 84.3 Å². The maximum Gasteiger partial charge on any atom is 0.201 e.